The molecule has 3 aromatic rings. The van der Waals surface area contributed by atoms with E-state index in [0.717, 1.165) is 0 Å². The smallest absolute Gasteiger partial charge is 0.143 e. The highest BCUT2D eigenvalue weighted by Gasteiger charge is 2.24. The van der Waals surface area contributed by atoms with E-state index in [1.165, 1.54) is 22.3 Å². The number of fused-ring (bicyclic) bond motifs is 2. The Kier molecular flexibility index (Phi) is 3.35. The van der Waals surface area contributed by atoms with Crippen LogP contribution in [0.5, 0.6) is 11.5 Å². The maximum atomic E-state index is 9.27. The number of rotatable bonds is 1. The van der Waals surface area contributed by atoms with E-state index in [2.05, 4.69) is 28.2 Å². The van der Waals surface area contributed by atoms with Crippen molar-refractivity contribution in [2.75, 3.05) is 0 Å². The van der Waals surface area contributed by atoms with Crippen LogP contribution in [0.3, 0.4) is 0 Å². The summed E-state index contributed by atoms with van der Waals surface area (Å²) in [7, 11) is 0. The number of hydrogen-bond donors (Lipinski definition) is 2. The zero-order valence-corrected chi connectivity index (χ0v) is 12.7. The second-order valence-corrected chi connectivity index (χ2v) is 5.48. The lowest BCUT2D eigenvalue weighted by Crippen LogP contribution is -1.80. The molecule has 0 aliphatic heterocycles. The Morgan fingerprint density at radius 1 is 0.667 bits per heavy atom. The number of para-hydroxylation sites is 1. The molecule has 2 N–H and O–H groups in total. The number of aromatic hydroxyl groups is 2. The minimum absolute atomic E-state index is 0.176. The van der Waals surface area contributed by atoms with E-state index in [1.807, 2.05) is 18.2 Å². The first-order valence-electron chi connectivity index (χ1n) is 7.55. The molecule has 0 atom stereocenters. The maximum Gasteiger partial charge on any atom is 0.143 e. The van der Waals surface area contributed by atoms with Crippen LogP contribution >= 0.6 is 0 Å². The molecule has 0 radical (unpaired) electrons. The Labute approximate surface area is 138 Å². The van der Waals surface area contributed by atoms with Crippen LogP contribution in [0.2, 0.25) is 0 Å². The van der Waals surface area contributed by atoms with Crippen LogP contribution in [-0.2, 0) is 0 Å². The molecule has 5 rings (SSSR count). The molecule has 1 heterocycles. The predicted molar refractivity (Wildman–Crippen MR) is 93.7 cm³/mol. The molecule has 116 valence electrons. The highest BCUT2D eigenvalue weighted by molar-refractivity contribution is 6.07. The summed E-state index contributed by atoms with van der Waals surface area (Å²) in [5.74, 6) is 0.500. The maximum absolute atomic E-state index is 9.27. The zero-order chi connectivity index (χ0) is 16.5. The van der Waals surface area contributed by atoms with Crippen molar-refractivity contribution < 1.29 is 10.2 Å². The number of benzene rings is 3. The van der Waals surface area contributed by atoms with E-state index in [-0.39, 0.29) is 5.75 Å². The second kappa shape index (κ2) is 5.66. The van der Waals surface area contributed by atoms with Crippen molar-refractivity contribution in [1.29, 1.82) is 0 Å². The third-order valence-corrected chi connectivity index (χ3v) is 3.93. The normalized spacial score (nSPS) is 10.8. The first-order valence-corrected chi connectivity index (χ1v) is 7.55. The molecule has 0 amide bonds. The van der Waals surface area contributed by atoms with Gasteiger partial charge in [-0.15, -0.1) is 0 Å². The minimum Gasteiger partial charge on any atom is -0.508 e. The molecule has 0 bridgehead atoms. The molecule has 4 heteroatoms. The van der Waals surface area contributed by atoms with Gasteiger partial charge in [0.25, 0.3) is 0 Å². The third-order valence-electron chi connectivity index (χ3n) is 3.93. The van der Waals surface area contributed by atoms with Gasteiger partial charge in [-0.3, -0.25) is 4.98 Å². The van der Waals surface area contributed by atoms with Gasteiger partial charge in [0.2, 0.25) is 0 Å². The monoisotopic (exact) mass is 314 g/mol. The molecule has 0 saturated carbocycles. The first kappa shape index (κ1) is 14.2. The van der Waals surface area contributed by atoms with Crippen LogP contribution < -0.4 is 0 Å². The van der Waals surface area contributed by atoms with E-state index in [9.17, 15) is 5.11 Å². The average Bonchev–Trinajstić information content (AvgIpc) is 3.08. The first-order chi connectivity index (χ1) is 11.7. The van der Waals surface area contributed by atoms with Crippen molar-refractivity contribution in [1.82, 2.24) is 9.97 Å². The summed E-state index contributed by atoms with van der Waals surface area (Å²) in [6, 6.07) is 18.8. The van der Waals surface area contributed by atoms with Gasteiger partial charge in [0.1, 0.15) is 17.0 Å². The van der Waals surface area contributed by atoms with Gasteiger partial charge in [-0.2, -0.15) is 0 Å². The van der Waals surface area contributed by atoms with E-state index in [1.54, 1.807) is 36.7 Å². The lowest BCUT2D eigenvalue weighted by atomic mass is 10.2. The van der Waals surface area contributed by atoms with Gasteiger partial charge in [0.15, 0.2) is 0 Å². The van der Waals surface area contributed by atoms with Crippen molar-refractivity contribution in [3.63, 3.8) is 0 Å². The summed E-state index contributed by atoms with van der Waals surface area (Å²) >= 11 is 0. The summed E-state index contributed by atoms with van der Waals surface area (Å²) in [4.78, 5) is 7.99. The number of phenolic OH excluding ortho intramolecular Hbond substituents is 2. The topological polar surface area (TPSA) is 66.2 Å². The SMILES string of the molecule is Oc1ccc(-c2c3cccc2-3)cc1.Oc1cccc2nccnc12. The van der Waals surface area contributed by atoms with Crippen LogP contribution in [0.15, 0.2) is 73.1 Å². The summed E-state index contributed by atoms with van der Waals surface area (Å²) < 4.78 is 0. The van der Waals surface area contributed by atoms with Crippen molar-refractivity contribution in [3.05, 3.63) is 73.1 Å². The fraction of sp³-hybridized carbons (Fsp3) is 0. The van der Waals surface area contributed by atoms with E-state index in [4.69, 9.17) is 5.11 Å². The standard InChI is InChI=1S/C12H8O.C8H6N2O/c13-9-6-4-8(5-7-9)12-10-2-1-3-11(10)12;11-7-3-1-2-6-8(7)10-5-4-9-6/h1-7,13H;1-5,11H. The molecular weight excluding hydrogens is 300 g/mol. The van der Waals surface area contributed by atoms with Crippen LogP contribution in [0, 0.1) is 0 Å². The average molecular weight is 314 g/mol. The Morgan fingerprint density at radius 2 is 1.33 bits per heavy atom. The van der Waals surface area contributed by atoms with E-state index >= 15 is 0 Å². The van der Waals surface area contributed by atoms with Gasteiger partial charge in [-0.25, -0.2) is 4.98 Å². The quantitative estimate of drug-likeness (QED) is 0.482. The molecule has 0 saturated heterocycles. The van der Waals surface area contributed by atoms with Gasteiger partial charge in [-0.05, 0) is 46.5 Å². The van der Waals surface area contributed by atoms with Gasteiger partial charge in [0.05, 0.1) is 5.52 Å². The number of hydrogen-bond acceptors (Lipinski definition) is 4. The van der Waals surface area contributed by atoms with Gasteiger partial charge >= 0.3 is 0 Å². The molecule has 4 nitrogen and oxygen atoms in total. The van der Waals surface area contributed by atoms with Crippen molar-refractivity contribution in [2.45, 2.75) is 0 Å². The number of phenols is 2. The van der Waals surface area contributed by atoms with Crippen LogP contribution in [0.1, 0.15) is 0 Å². The molecule has 2 aliphatic carbocycles. The van der Waals surface area contributed by atoms with Crippen LogP contribution in [0.4, 0.5) is 0 Å². The van der Waals surface area contributed by atoms with Gasteiger partial charge in [0, 0.05) is 12.4 Å². The van der Waals surface area contributed by atoms with Crippen molar-refractivity contribution in [2.24, 2.45) is 0 Å². The molecule has 0 spiro atoms. The lowest BCUT2D eigenvalue weighted by Gasteiger charge is -1.95. The van der Waals surface area contributed by atoms with Crippen LogP contribution in [-0.4, -0.2) is 20.2 Å². The summed E-state index contributed by atoms with van der Waals surface area (Å²) in [6.45, 7) is 0. The van der Waals surface area contributed by atoms with Gasteiger partial charge < -0.3 is 10.2 Å². The largest absolute Gasteiger partial charge is 0.508 e. The van der Waals surface area contributed by atoms with E-state index in [0.29, 0.717) is 16.8 Å². The Hall–Kier alpha value is -3.40. The minimum atomic E-state index is 0.176. The molecule has 2 aromatic carbocycles. The molecule has 0 fully saturated rings. The second-order valence-electron chi connectivity index (χ2n) is 5.48. The highest BCUT2D eigenvalue weighted by atomic mass is 16.3. The fourth-order valence-corrected chi connectivity index (χ4v) is 2.72. The molecular formula is C20H14N2O2. The van der Waals surface area contributed by atoms with Crippen molar-refractivity contribution >= 4 is 11.0 Å². The number of nitrogens with zero attached hydrogens (tertiary/aromatic N) is 2. The molecule has 1 aromatic heterocycles. The Morgan fingerprint density at radius 3 is 2.04 bits per heavy atom. The number of aromatic nitrogens is 2. The Balaban J connectivity index is 0.000000123. The summed E-state index contributed by atoms with van der Waals surface area (Å²) in [5.41, 5.74) is 6.50. The molecule has 24 heavy (non-hydrogen) atoms. The van der Waals surface area contributed by atoms with Crippen LogP contribution in [0.25, 0.3) is 33.3 Å². The predicted octanol–water partition coefficient (Wildman–Crippen LogP) is 4.38. The third kappa shape index (κ3) is 2.54. The van der Waals surface area contributed by atoms with E-state index < -0.39 is 0 Å². The van der Waals surface area contributed by atoms with Crippen molar-refractivity contribution in [3.8, 4) is 33.8 Å². The highest BCUT2D eigenvalue weighted by Crippen LogP contribution is 2.50. The molecule has 0 unspecified atom stereocenters. The zero-order valence-electron chi connectivity index (χ0n) is 12.7. The Bertz CT molecular complexity index is 1000. The molecule has 2 aliphatic rings. The van der Waals surface area contributed by atoms with Gasteiger partial charge in [-0.1, -0.05) is 36.4 Å². The fourth-order valence-electron chi connectivity index (χ4n) is 2.72. The lowest BCUT2D eigenvalue weighted by molar-refractivity contribution is 0.475. The summed E-state index contributed by atoms with van der Waals surface area (Å²) in [6.07, 6.45) is 3.16. The summed E-state index contributed by atoms with van der Waals surface area (Å²) in [5, 5.41) is 18.4.